The van der Waals surface area contributed by atoms with Crippen molar-refractivity contribution in [1.82, 2.24) is 14.9 Å². The van der Waals surface area contributed by atoms with Crippen LogP contribution in [0.1, 0.15) is 25.8 Å². The number of hydrogen-bond donors (Lipinski definition) is 2. The summed E-state index contributed by atoms with van der Waals surface area (Å²) in [5.41, 5.74) is 1.07. The average molecular weight is 265 g/mol. The van der Waals surface area contributed by atoms with E-state index in [0.29, 0.717) is 12.0 Å². The van der Waals surface area contributed by atoms with Gasteiger partial charge in [0.15, 0.2) is 0 Å². The lowest BCUT2D eigenvalue weighted by molar-refractivity contribution is 0.356. The lowest BCUT2D eigenvalue weighted by Crippen LogP contribution is -2.34. The van der Waals surface area contributed by atoms with Gasteiger partial charge in [-0.2, -0.15) is 0 Å². The van der Waals surface area contributed by atoms with E-state index in [0.717, 1.165) is 30.2 Å². The third-order valence-electron chi connectivity index (χ3n) is 3.00. The first kappa shape index (κ1) is 15.7. The summed E-state index contributed by atoms with van der Waals surface area (Å²) in [6.07, 6.45) is 2.72. The SMILES string of the molecule is CNc1ncnc(NC(CC(C)C)CN(C)C)c1C. The van der Waals surface area contributed by atoms with E-state index < -0.39 is 0 Å². The molecular weight excluding hydrogens is 238 g/mol. The van der Waals surface area contributed by atoms with E-state index in [2.05, 4.69) is 53.4 Å². The normalized spacial score (nSPS) is 12.8. The summed E-state index contributed by atoms with van der Waals surface area (Å²) in [5, 5.41) is 6.64. The van der Waals surface area contributed by atoms with Gasteiger partial charge in [-0.1, -0.05) is 13.8 Å². The Balaban J connectivity index is 2.83. The predicted molar refractivity (Wildman–Crippen MR) is 81.7 cm³/mol. The molecule has 0 saturated carbocycles. The van der Waals surface area contributed by atoms with Crippen LogP contribution in [0, 0.1) is 12.8 Å². The molecule has 0 bridgehead atoms. The molecule has 108 valence electrons. The van der Waals surface area contributed by atoms with Gasteiger partial charge in [-0.25, -0.2) is 9.97 Å². The zero-order chi connectivity index (χ0) is 14.4. The maximum Gasteiger partial charge on any atom is 0.134 e. The van der Waals surface area contributed by atoms with Crippen molar-refractivity contribution in [3.63, 3.8) is 0 Å². The summed E-state index contributed by atoms with van der Waals surface area (Å²) in [6.45, 7) is 7.53. The highest BCUT2D eigenvalue weighted by atomic mass is 15.1. The molecule has 5 heteroatoms. The number of hydrogen-bond acceptors (Lipinski definition) is 5. The maximum absolute atomic E-state index is 4.36. The molecule has 1 aromatic rings. The highest BCUT2D eigenvalue weighted by molar-refractivity contribution is 5.56. The van der Waals surface area contributed by atoms with Crippen molar-refractivity contribution in [1.29, 1.82) is 0 Å². The van der Waals surface area contributed by atoms with E-state index in [4.69, 9.17) is 0 Å². The standard InChI is InChI=1S/C14H27N5/c1-10(2)7-12(8-19(5)6)18-14-11(3)13(15-4)16-9-17-14/h9-10,12H,7-8H2,1-6H3,(H2,15,16,17,18). The summed E-state index contributed by atoms with van der Waals surface area (Å²) in [5.74, 6) is 2.46. The van der Waals surface area contributed by atoms with Crippen molar-refractivity contribution < 1.29 is 0 Å². The highest BCUT2D eigenvalue weighted by Crippen LogP contribution is 2.20. The molecule has 0 aromatic carbocycles. The molecule has 0 saturated heterocycles. The summed E-state index contributed by atoms with van der Waals surface area (Å²) in [6, 6.07) is 0.397. The first-order chi connectivity index (χ1) is 8.93. The number of nitrogens with one attached hydrogen (secondary N) is 2. The van der Waals surface area contributed by atoms with Gasteiger partial charge in [0.2, 0.25) is 0 Å². The van der Waals surface area contributed by atoms with Crippen LogP contribution < -0.4 is 10.6 Å². The Morgan fingerprint density at radius 1 is 1.21 bits per heavy atom. The van der Waals surface area contributed by atoms with Gasteiger partial charge in [0.25, 0.3) is 0 Å². The Kier molecular flexibility index (Phi) is 6.02. The van der Waals surface area contributed by atoms with Crippen LogP contribution in [-0.2, 0) is 0 Å². The van der Waals surface area contributed by atoms with Gasteiger partial charge in [0.05, 0.1) is 0 Å². The molecule has 2 N–H and O–H groups in total. The summed E-state index contributed by atoms with van der Waals surface area (Å²) in [7, 11) is 6.08. The number of nitrogens with zero attached hydrogens (tertiary/aromatic N) is 3. The van der Waals surface area contributed by atoms with Gasteiger partial charge in [-0.3, -0.25) is 0 Å². The van der Waals surface area contributed by atoms with Gasteiger partial charge in [-0.05, 0) is 33.4 Å². The molecule has 0 aliphatic carbocycles. The van der Waals surface area contributed by atoms with E-state index in [1.54, 1.807) is 6.33 Å². The fourth-order valence-electron chi connectivity index (χ4n) is 2.23. The van der Waals surface area contributed by atoms with Crippen LogP contribution in [0.3, 0.4) is 0 Å². The van der Waals surface area contributed by atoms with Crippen molar-refractivity contribution in [2.45, 2.75) is 33.2 Å². The molecule has 0 radical (unpaired) electrons. The molecule has 0 fully saturated rings. The number of rotatable bonds is 7. The molecular formula is C14H27N5. The Hall–Kier alpha value is -1.36. The average Bonchev–Trinajstić information content (AvgIpc) is 2.30. The molecule has 19 heavy (non-hydrogen) atoms. The second-order valence-corrected chi connectivity index (χ2v) is 5.68. The van der Waals surface area contributed by atoms with Crippen LogP contribution in [-0.4, -0.2) is 48.6 Å². The number of anilines is 2. The fraction of sp³-hybridized carbons (Fsp3) is 0.714. The first-order valence-corrected chi connectivity index (χ1v) is 6.84. The molecule has 0 spiro atoms. The van der Waals surface area contributed by atoms with Crippen LogP contribution in [0.2, 0.25) is 0 Å². The lowest BCUT2D eigenvalue weighted by atomic mass is 10.0. The summed E-state index contributed by atoms with van der Waals surface area (Å²) < 4.78 is 0. The Labute approximate surface area is 116 Å². The minimum atomic E-state index is 0.397. The van der Waals surface area contributed by atoms with E-state index >= 15 is 0 Å². The fourth-order valence-corrected chi connectivity index (χ4v) is 2.23. The number of likely N-dealkylation sites (N-methyl/N-ethyl adjacent to an activating group) is 1. The first-order valence-electron chi connectivity index (χ1n) is 6.84. The minimum Gasteiger partial charge on any atom is -0.373 e. The van der Waals surface area contributed by atoms with Crippen molar-refractivity contribution in [3.8, 4) is 0 Å². The third kappa shape index (κ3) is 5.03. The van der Waals surface area contributed by atoms with Crippen molar-refractivity contribution >= 4 is 11.6 Å². The molecule has 1 rings (SSSR count). The maximum atomic E-state index is 4.36. The van der Waals surface area contributed by atoms with Crippen LogP contribution in [0.5, 0.6) is 0 Å². The third-order valence-corrected chi connectivity index (χ3v) is 3.00. The van der Waals surface area contributed by atoms with E-state index in [1.165, 1.54) is 0 Å². The molecule has 1 aromatic heterocycles. The van der Waals surface area contributed by atoms with Gasteiger partial charge in [0.1, 0.15) is 18.0 Å². The molecule has 1 unspecified atom stereocenters. The predicted octanol–water partition coefficient (Wildman–Crippen LogP) is 2.21. The van der Waals surface area contributed by atoms with Crippen LogP contribution in [0.15, 0.2) is 6.33 Å². The van der Waals surface area contributed by atoms with Gasteiger partial charge in [0, 0.05) is 25.2 Å². The smallest absolute Gasteiger partial charge is 0.134 e. The quantitative estimate of drug-likeness (QED) is 0.791. The highest BCUT2D eigenvalue weighted by Gasteiger charge is 2.15. The van der Waals surface area contributed by atoms with Crippen LogP contribution >= 0.6 is 0 Å². The Morgan fingerprint density at radius 2 is 1.84 bits per heavy atom. The van der Waals surface area contributed by atoms with Crippen molar-refractivity contribution in [3.05, 3.63) is 11.9 Å². The Morgan fingerprint density at radius 3 is 2.37 bits per heavy atom. The Bertz CT molecular complexity index is 379. The molecule has 1 atom stereocenters. The molecule has 0 aliphatic rings. The summed E-state index contributed by atoms with van der Waals surface area (Å²) in [4.78, 5) is 10.8. The van der Waals surface area contributed by atoms with Gasteiger partial charge >= 0.3 is 0 Å². The van der Waals surface area contributed by atoms with Crippen molar-refractivity contribution in [2.24, 2.45) is 5.92 Å². The zero-order valence-electron chi connectivity index (χ0n) is 13.0. The largest absolute Gasteiger partial charge is 0.373 e. The zero-order valence-corrected chi connectivity index (χ0v) is 13.0. The van der Waals surface area contributed by atoms with E-state index in [9.17, 15) is 0 Å². The van der Waals surface area contributed by atoms with Gasteiger partial charge in [-0.15, -0.1) is 0 Å². The van der Waals surface area contributed by atoms with Crippen molar-refractivity contribution in [2.75, 3.05) is 38.3 Å². The molecule has 0 amide bonds. The topological polar surface area (TPSA) is 53.1 Å². The van der Waals surface area contributed by atoms with Crippen LogP contribution in [0.25, 0.3) is 0 Å². The number of aromatic nitrogens is 2. The summed E-state index contributed by atoms with van der Waals surface area (Å²) >= 11 is 0. The van der Waals surface area contributed by atoms with Gasteiger partial charge < -0.3 is 15.5 Å². The second-order valence-electron chi connectivity index (χ2n) is 5.68. The molecule has 5 nitrogen and oxygen atoms in total. The molecule has 0 aliphatic heterocycles. The molecule has 1 heterocycles. The van der Waals surface area contributed by atoms with E-state index in [1.807, 2.05) is 14.0 Å². The van der Waals surface area contributed by atoms with Crippen LogP contribution in [0.4, 0.5) is 11.6 Å². The monoisotopic (exact) mass is 265 g/mol. The van der Waals surface area contributed by atoms with E-state index in [-0.39, 0.29) is 0 Å². The lowest BCUT2D eigenvalue weighted by Gasteiger charge is -2.25. The second kappa shape index (κ2) is 7.28. The minimum absolute atomic E-state index is 0.397.